The van der Waals surface area contributed by atoms with Crippen LogP contribution in [0.25, 0.3) is 5.69 Å². The van der Waals surface area contributed by atoms with Gasteiger partial charge in [-0.2, -0.15) is 0 Å². The molecule has 1 aromatic heterocycles. The van der Waals surface area contributed by atoms with Gasteiger partial charge in [0.15, 0.2) is 27.0 Å². The Balaban J connectivity index is 1.46. The largest absolute Gasteiger partial charge is 0.491 e. The van der Waals surface area contributed by atoms with E-state index in [0.717, 1.165) is 5.69 Å². The Morgan fingerprint density at radius 2 is 1.82 bits per heavy atom. The van der Waals surface area contributed by atoms with Gasteiger partial charge < -0.3 is 14.4 Å². The van der Waals surface area contributed by atoms with E-state index in [4.69, 9.17) is 9.47 Å². The number of fused-ring (bicyclic) bond motifs is 4. The molecular formula is C25H25FN2O5S. The van der Waals surface area contributed by atoms with Crippen molar-refractivity contribution in [2.24, 2.45) is 0 Å². The van der Waals surface area contributed by atoms with Crippen LogP contribution in [-0.4, -0.2) is 49.7 Å². The molecule has 0 radical (unpaired) electrons. The summed E-state index contributed by atoms with van der Waals surface area (Å²) in [6.07, 6.45) is 2.06. The van der Waals surface area contributed by atoms with Gasteiger partial charge in [-0.3, -0.25) is 9.36 Å². The molecule has 1 fully saturated rings. The van der Waals surface area contributed by atoms with Gasteiger partial charge in [0.1, 0.15) is 10.8 Å². The molecule has 2 aliphatic rings. The van der Waals surface area contributed by atoms with Crippen LogP contribution in [0.3, 0.4) is 0 Å². The zero-order valence-corrected chi connectivity index (χ0v) is 19.8. The number of benzene rings is 2. The van der Waals surface area contributed by atoms with Crippen LogP contribution in [0, 0.1) is 5.82 Å². The number of rotatable bonds is 4. The monoisotopic (exact) mass is 484 g/mol. The van der Waals surface area contributed by atoms with Crippen molar-refractivity contribution in [1.29, 1.82) is 0 Å². The van der Waals surface area contributed by atoms with Gasteiger partial charge in [-0.05, 0) is 43.3 Å². The van der Waals surface area contributed by atoms with Gasteiger partial charge in [0, 0.05) is 32.2 Å². The molecule has 9 heteroatoms. The van der Waals surface area contributed by atoms with E-state index in [1.165, 1.54) is 18.4 Å². The van der Waals surface area contributed by atoms with Gasteiger partial charge in [0.2, 0.25) is 0 Å². The van der Waals surface area contributed by atoms with Gasteiger partial charge in [0.25, 0.3) is 5.91 Å². The highest BCUT2D eigenvalue weighted by Gasteiger charge is 2.46. The van der Waals surface area contributed by atoms with Crippen molar-refractivity contribution in [1.82, 2.24) is 9.47 Å². The molecule has 0 bridgehead atoms. The standard InChI is InChI=1S/C25H25FN2O5S/c1-3-32-20-10-6-7-17(23(20)26)24(29)27-15-13-25(14-16-27)21-11-12-22(34(2,30)31)28(21)18-8-4-5-9-19(18)33-25/h4-12H,3,13-16H2,1-2H3. The highest BCUT2D eigenvalue weighted by atomic mass is 32.2. The van der Waals surface area contributed by atoms with Crippen LogP contribution in [0.4, 0.5) is 4.39 Å². The SMILES string of the molecule is CCOc1cccc(C(=O)N2CCC3(CC2)Oc2ccccc2-n2c3ccc2S(C)(=O)=O)c1F. The Labute approximate surface area is 197 Å². The second-order valence-electron chi connectivity index (χ2n) is 8.57. The highest BCUT2D eigenvalue weighted by Crippen LogP contribution is 2.46. The van der Waals surface area contributed by atoms with Gasteiger partial charge in [0.05, 0.1) is 23.6 Å². The van der Waals surface area contributed by atoms with Crippen molar-refractivity contribution < 1.29 is 27.1 Å². The fourth-order valence-electron chi connectivity index (χ4n) is 4.85. The summed E-state index contributed by atoms with van der Waals surface area (Å²) in [5, 5.41) is 0.200. The topological polar surface area (TPSA) is 77.8 Å². The molecule has 1 spiro atoms. The van der Waals surface area contributed by atoms with Gasteiger partial charge in [-0.25, -0.2) is 12.8 Å². The van der Waals surface area contributed by atoms with Crippen molar-refractivity contribution in [2.45, 2.75) is 30.4 Å². The smallest absolute Gasteiger partial charge is 0.256 e. The van der Waals surface area contributed by atoms with Crippen LogP contribution < -0.4 is 9.47 Å². The number of halogens is 1. The average Bonchev–Trinajstić information content (AvgIpc) is 3.28. The van der Waals surface area contributed by atoms with E-state index in [1.54, 1.807) is 34.6 Å². The zero-order chi connectivity index (χ0) is 24.1. The number of hydrogen-bond acceptors (Lipinski definition) is 5. The van der Waals surface area contributed by atoms with E-state index < -0.39 is 27.2 Å². The van der Waals surface area contributed by atoms with Crippen LogP contribution in [0.5, 0.6) is 11.5 Å². The molecule has 0 atom stereocenters. The summed E-state index contributed by atoms with van der Waals surface area (Å²) in [6, 6.07) is 15.3. The van der Waals surface area contributed by atoms with Crippen LogP contribution in [0.1, 0.15) is 35.8 Å². The minimum Gasteiger partial charge on any atom is -0.491 e. The lowest BCUT2D eigenvalue weighted by molar-refractivity contribution is -0.0101. The number of aromatic nitrogens is 1. The molecule has 0 N–H and O–H groups in total. The first-order valence-corrected chi connectivity index (χ1v) is 13.1. The number of carbonyl (C=O) groups excluding carboxylic acids is 1. The van der Waals surface area contributed by atoms with Crippen LogP contribution in [0.2, 0.25) is 0 Å². The van der Waals surface area contributed by atoms with Gasteiger partial charge >= 0.3 is 0 Å². The number of sulfone groups is 1. The molecular weight excluding hydrogens is 459 g/mol. The zero-order valence-electron chi connectivity index (χ0n) is 19.0. The maximum absolute atomic E-state index is 14.8. The maximum Gasteiger partial charge on any atom is 0.256 e. The van der Waals surface area contributed by atoms with Gasteiger partial charge in [-0.1, -0.05) is 18.2 Å². The third-order valence-electron chi connectivity index (χ3n) is 6.46. The maximum atomic E-state index is 14.8. The third-order valence-corrected chi connectivity index (χ3v) is 7.53. The summed E-state index contributed by atoms with van der Waals surface area (Å²) in [5.41, 5.74) is 0.587. The highest BCUT2D eigenvalue weighted by molar-refractivity contribution is 7.90. The van der Waals surface area contributed by atoms with E-state index in [0.29, 0.717) is 44.0 Å². The molecule has 3 aromatic rings. The van der Waals surface area contributed by atoms with Crippen molar-refractivity contribution in [3.63, 3.8) is 0 Å². The molecule has 178 valence electrons. The first-order valence-electron chi connectivity index (χ1n) is 11.2. The lowest BCUT2D eigenvalue weighted by atomic mass is 9.86. The van der Waals surface area contributed by atoms with E-state index >= 15 is 0 Å². The summed E-state index contributed by atoms with van der Waals surface area (Å²) < 4.78 is 53.3. The molecule has 0 aliphatic carbocycles. The number of likely N-dealkylation sites (tertiary alicyclic amines) is 1. The van der Waals surface area contributed by atoms with E-state index in [-0.39, 0.29) is 16.3 Å². The number of hydrogen-bond donors (Lipinski definition) is 0. The number of amides is 1. The molecule has 7 nitrogen and oxygen atoms in total. The normalized spacial score (nSPS) is 16.5. The summed E-state index contributed by atoms with van der Waals surface area (Å²) in [4.78, 5) is 14.7. The molecule has 2 aromatic carbocycles. The second-order valence-corrected chi connectivity index (χ2v) is 10.5. The van der Waals surface area contributed by atoms with E-state index in [9.17, 15) is 17.6 Å². The summed E-state index contributed by atoms with van der Waals surface area (Å²) in [7, 11) is -3.48. The minimum absolute atomic E-state index is 0.0282. The molecule has 3 heterocycles. The van der Waals surface area contributed by atoms with E-state index in [2.05, 4.69) is 0 Å². The summed E-state index contributed by atoms with van der Waals surface area (Å²) in [6.45, 7) is 2.72. The molecule has 34 heavy (non-hydrogen) atoms. The van der Waals surface area contributed by atoms with Crippen molar-refractivity contribution in [3.8, 4) is 17.2 Å². The molecule has 5 rings (SSSR count). The van der Waals surface area contributed by atoms with Crippen LogP contribution in [0.15, 0.2) is 59.6 Å². The Morgan fingerprint density at radius 3 is 2.53 bits per heavy atom. The molecule has 0 saturated carbocycles. The second kappa shape index (κ2) is 8.16. The predicted molar refractivity (Wildman–Crippen MR) is 124 cm³/mol. The van der Waals surface area contributed by atoms with Crippen molar-refractivity contribution in [3.05, 3.63) is 71.7 Å². The number of carbonyl (C=O) groups is 1. The van der Waals surface area contributed by atoms with Crippen LogP contribution in [-0.2, 0) is 15.4 Å². The minimum atomic E-state index is -3.48. The summed E-state index contributed by atoms with van der Waals surface area (Å²) >= 11 is 0. The lowest BCUT2D eigenvalue weighted by Crippen LogP contribution is -2.50. The molecule has 1 amide bonds. The van der Waals surface area contributed by atoms with Crippen molar-refractivity contribution >= 4 is 15.7 Å². The Hall–Kier alpha value is -3.33. The van der Waals surface area contributed by atoms with Crippen LogP contribution >= 0.6 is 0 Å². The number of ether oxygens (including phenoxy) is 2. The summed E-state index contributed by atoms with van der Waals surface area (Å²) in [5.74, 6) is -0.423. The Kier molecular flexibility index (Phi) is 5.39. The van der Waals surface area contributed by atoms with Gasteiger partial charge in [-0.15, -0.1) is 0 Å². The first-order chi connectivity index (χ1) is 16.2. The molecule has 0 unspecified atom stereocenters. The van der Waals surface area contributed by atoms with E-state index in [1.807, 2.05) is 24.3 Å². The van der Waals surface area contributed by atoms with Crippen molar-refractivity contribution in [2.75, 3.05) is 26.0 Å². The Morgan fingerprint density at radius 1 is 1.09 bits per heavy atom. The number of piperidine rings is 1. The quantitative estimate of drug-likeness (QED) is 0.561. The lowest BCUT2D eigenvalue weighted by Gasteiger charge is -2.45. The number of para-hydroxylation sites is 2. The fraction of sp³-hybridized carbons (Fsp3) is 0.320. The fourth-order valence-corrected chi connectivity index (χ4v) is 5.69. The number of nitrogens with zero attached hydrogens (tertiary/aromatic N) is 2. The molecule has 1 saturated heterocycles. The first kappa shape index (κ1) is 22.5. The average molecular weight is 485 g/mol. The predicted octanol–water partition coefficient (Wildman–Crippen LogP) is 3.94. The third kappa shape index (κ3) is 3.55. The Bertz CT molecular complexity index is 1370. The molecule has 2 aliphatic heterocycles.